The average Bonchev–Trinajstić information content (AvgIpc) is 3.36. The third-order valence-corrected chi connectivity index (χ3v) is 4.84. The Morgan fingerprint density at radius 3 is 2.70 bits per heavy atom. The average molecular weight is 414 g/mol. The molecule has 4 rings (SSSR count). The van der Waals surface area contributed by atoms with E-state index in [2.05, 4.69) is 20.3 Å². The molecule has 0 aliphatic carbocycles. The van der Waals surface area contributed by atoms with Crippen LogP contribution in [0.1, 0.15) is 25.6 Å². The van der Waals surface area contributed by atoms with Gasteiger partial charge in [0.25, 0.3) is 0 Å². The minimum atomic E-state index is -1.27. The molecule has 0 saturated carbocycles. The van der Waals surface area contributed by atoms with Gasteiger partial charge in [-0.05, 0) is 44.2 Å². The number of rotatable bonds is 6. The Morgan fingerprint density at radius 1 is 1.20 bits per heavy atom. The smallest absolute Gasteiger partial charge is 0.416 e. The van der Waals surface area contributed by atoms with Crippen LogP contribution in [-0.4, -0.2) is 44.4 Å². The predicted octanol–water partition coefficient (Wildman–Crippen LogP) is 3.66. The van der Waals surface area contributed by atoms with Gasteiger partial charge in [0, 0.05) is 18.1 Å². The molecule has 8 nitrogen and oxygen atoms in total. The molecule has 2 aromatic heterocycles. The second-order valence-corrected chi connectivity index (χ2v) is 6.98. The maximum atomic E-state index is 13.8. The van der Waals surface area contributed by atoms with Crippen LogP contribution >= 0.6 is 0 Å². The zero-order valence-electron chi connectivity index (χ0n) is 16.4. The van der Waals surface area contributed by atoms with Gasteiger partial charge in [-0.15, -0.1) is 0 Å². The lowest BCUT2D eigenvalue weighted by Crippen LogP contribution is -2.39. The second-order valence-electron chi connectivity index (χ2n) is 6.98. The minimum absolute atomic E-state index is 0.0273. The van der Waals surface area contributed by atoms with E-state index in [4.69, 9.17) is 4.74 Å². The summed E-state index contributed by atoms with van der Waals surface area (Å²) in [5.41, 5.74) is 1.49. The predicted molar refractivity (Wildman–Crippen MR) is 106 cm³/mol. The van der Waals surface area contributed by atoms with Crippen molar-refractivity contribution >= 4 is 17.9 Å². The monoisotopic (exact) mass is 414 g/mol. The highest BCUT2D eigenvalue weighted by Crippen LogP contribution is 2.25. The molecular formula is C20H20F2N6O2. The van der Waals surface area contributed by atoms with Gasteiger partial charge in [0.2, 0.25) is 5.95 Å². The van der Waals surface area contributed by atoms with Crippen LogP contribution in [0.4, 0.5) is 25.3 Å². The number of cyclic esters (lactones) is 1. The van der Waals surface area contributed by atoms with Gasteiger partial charge in [-0.25, -0.2) is 23.5 Å². The molecule has 1 amide bonds. The van der Waals surface area contributed by atoms with Gasteiger partial charge < -0.3 is 14.6 Å². The van der Waals surface area contributed by atoms with E-state index in [1.807, 2.05) is 13.1 Å². The van der Waals surface area contributed by atoms with Crippen molar-refractivity contribution in [2.75, 3.05) is 16.8 Å². The van der Waals surface area contributed by atoms with Crippen molar-refractivity contribution in [2.45, 2.75) is 32.1 Å². The van der Waals surface area contributed by atoms with Gasteiger partial charge in [0.05, 0.1) is 18.1 Å². The van der Waals surface area contributed by atoms with Crippen LogP contribution in [-0.2, 0) is 4.74 Å². The first kappa shape index (κ1) is 19.7. The SMILES string of the molecule is C[C@H](Nc1nccc(N2C(=O)OCC2[C@H](C)F)n1)c1cn(-c2ccc(F)cc2)cn1. The summed E-state index contributed by atoms with van der Waals surface area (Å²) in [6, 6.07) is 6.61. The number of hydrogen-bond donors (Lipinski definition) is 1. The van der Waals surface area contributed by atoms with E-state index in [1.54, 1.807) is 23.0 Å². The van der Waals surface area contributed by atoms with Crippen molar-refractivity contribution < 1.29 is 18.3 Å². The highest BCUT2D eigenvalue weighted by Gasteiger charge is 2.39. The third-order valence-electron chi connectivity index (χ3n) is 4.84. The van der Waals surface area contributed by atoms with E-state index in [-0.39, 0.29) is 30.2 Å². The molecule has 3 atom stereocenters. The molecule has 1 fully saturated rings. The summed E-state index contributed by atoms with van der Waals surface area (Å²) in [6.45, 7) is 3.23. The van der Waals surface area contributed by atoms with Gasteiger partial charge in [-0.3, -0.25) is 4.90 Å². The summed E-state index contributed by atoms with van der Waals surface area (Å²) in [4.78, 5) is 26.1. The highest BCUT2D eigenvalue weighted by atomic mass is 19.1. The maximum Gasteiger partial charge on any atom is 0.416 e. The second kappa shape index (κ2) is 8.05. The number of carbonyl (C=O) groups is 1. The maximum absolute atomic E-state index is 13.8. The number of imidazole rings is 1. The van der Waals surface area contributed by atoms with Crippen molar-refractivity contribution in [1.29, 1.82) is 0 Å². The largest absolute Gasteiger partial charge is 0.447 e. The Kier molecular flexibility index (Phi) is 5.30. The Labute approximate surface area is 171 Å². The van der Waals surface area contributed by atoms with Crippen LogP contribution in [0, 0.1) is 5.82 Å². The Morgan fingerprint density at radius 2 is 1.97 bits per heavy atom. The molecule has 1 saturated heterocycles. The normalized spacial score (nSPS) is 18.2. The molecule has 156 valence electrons. The van der Waals surface area contributed by atoms with Crippen LogP contribution in [0.3, 0.4) is 0 Å². The fourth-order valence-corrected chi connectivity index (χ4v) is 3.17. The summed E-state index contributed by atoms with van der Waals surface area (Å²) in [5.74, 6) is 0.215. The highest BCUT2D eigenvalue weighted by molar-refractivity contribution is 5.89. The number of nitrogens with zero attached hydrogens (tertiary/aromatic N) is 5. The lowest BCUT2D eigenvalue weighted by molar-refractivity contribution is 0.174. The van der Waals surface area contributed by atoms with Crippen molar-refractivity contribution in [2.24, 2.45) is 0 Å². The number of hydrogen-bond acceptors (Lipinski definition) is 6. The molecule has 30 heavy (non-hydrogen) atoms. The fraction of sp³-hybridized carbons (Fsp3) is 0.300. The number of aromatic nitrogens is 4. The number of ether oxygens (including phenoxy) is 1. The van der Waals surface area contributed by atoms with Crippen LogP contribution in [0.5, 0.6) is 0 Å². The third kappa shape index (κ3) is 3.93. The van der Waals surface area contributed by atoms with Gasteiger partial charge in [0.15, 0.2) is 0 Å². The Balaban J connectivity index is 1.50. The molecule has 1 unspecified atom stereocenters. The molecule has 1 aliphatic heterocycles. The van der Waals surface area contributed by atoms with Gasteiger partial charge in [-0.2, -0.15) is 4.98 Å². The van der Waals surface area contributed by atoms with Crippen molar-refractivity contribution in [3.63, 3.8) is 0 Å². The molecule has 1 aliphatic rings. The minimum Gasteiger partial charge on any atom is -0.447 e. The molecule has 10 heteroatoms. The molecule has 0 spiro atoms. The number of nitrogens with one attached hydrogen (secondary N) is 1. The zero-order valence-corrected chi connectivity index (χ0v) is 16.4. The van der Waals surface area contributed by atoms with Crippen molar-refractivity contribution in [1.82, 2.24) is 19.5 Å². The van der Waals surface area contributed by atoms with Crippen LogP contribution in [0.25, 0.3) is 5.69 Å². The number of benzene rings is 1. The van der Waals surface area contributed by atoms with E-state index >= 15 is 0 Å². The van der Waals surface area contributed by atoms with Gasteiger partial charge in [0.1, 0.15) is 30.5 Å². The quantitative estimate of drug-likeness (QED) is 0.663. The van der Waals surface area contributed by atoms with Crippen LogP contribution in [0.15, 0.2) is 49.1 Å². The first-order chi connectivity index (χ1) is 14.4. The first-order valence-corrected chi connectivity index (χ1v) is 9.42. The first-order valence-electron chi connectivity index (χ1n) is 9.42. The molecule has 3 aromatic rings. The van der Waals surface area contributed by atoms with Crippen molar-refractivity contribution in [3.8, 4) is 5.69 Å². The van der Waals surface area contributed by atoms with Gasteiger partial charge >= 0.3 is 6.09 Å². The summed E-state index contributed by atoms with van der Waals surface area (Å²) < 4.78 is 33.7. The number of carbonyl (C=O) groups excluding carboxylic acids is 1. The molecule has 3 heterocycles. The summed E-state index contributed by atoms with van der Waals surface area (Å²) >= 11 is 0. The molecule has 0 bridgehead atoms. The molecule has 1 N–H and O–H groups in total. The number of alkyl halides is 1. The van der Waals surface area contributed by atoms with Crippen LogP contribution in [0.2, 0.25) is 0 Å². The lowest BCUT2D eigenvalue weighted by atomic mass is 10.2. The number of amides is 1. The topological polar surface area (TPSA) is 85.2 Å². The molecule has 1 aromatic carbocycles. The molecular weight excluding hydrogens is 394 g/mol. The molecule has 0 radical (unpaired) electrons. The van der Waals surface area contributed by atoms with E-state index in [9.17, 15) is 13.6 Å². The zero-order chi connectivity index (χ0) is 21.3. The lowest BCUT2D eigenvalue weighted by Gasteiger charge is -2.21. The van der Waals surface area contributed by atoms with Crippen molar-refractivity contribution in [3.05, 3.63) is 60.6 Å². The number of anilines is 2. The Hall–Kier alpha value is -3.56. The summed E-state index contributed by atoms with van der Waals surface area (Å²) in [6.07, 6.45) is 3.02. The van der Waals surface area contributed by atoms with E-state index in [0.29, 0.717) is 5.69 Å². The van der Waals surface area contributed by atoms with E-state index in [1.165, 1.54) is 36.2 Å². The van der Waals surface area contributed by atoms with Gasteiger partial charge in [-0.1, -0.05) is 0 Å². The standard InChI is InChI=1S/C20H20F2N6O2/c1-12(21)17-10-30-20(29)28(17)18-7-8-23-19(26-18)25-13(2)16-9-27(11-24-16)15-5-3-14(22)4-6-15/h3-9,11-13,17H,10H2,1-2H3,(H,23,25,26)/t12-,13-,17?/m0/s1. The fourth-order valence-electron chi connectivity index (χ4n) is 3.17. The van der Waals surface area contributed by atoms with E-state index < -0.39 is 18.3 Å². The van der Waals surface area contributed by atoms with E-state index in [0.717, 1.165) is 5.69 Å². The Bertz CT molecular complexity index is 1040. The number of halogens is 2. The summed E-state index contributed by atoms with van der Waals surface area (Å²) in [7, 11) is 0. The summed E-state index contributed by atoms with van der Waals surface area (Å²) in [5, 5.41) is 3.12. The van der Waals surface area contributed by atoms with Crippen LogP contribution < -0.4 is 10.2 Å².